The first-order chi connectivity index (χ1) is 13.8. The Morgan fingerprint density at radius 2 is 2.10 bits per heavy atom. The quantitative estimate of drug-likeness (QED) is 0.365. The van der Waals surface area contributed by atoms with Crippen molar-refractivity contribution in [2.24, 2.45) is 11.8 Å². The molecule has 0 heterocycles. The summed E-state index contributed by atoms with van der Waals surface area (Å²) in [5, 5.41) is 28.9. The van der Waals surface area contributed by atoms with Gasteiger partial charge in [-0.15, -0.1) is 0 Å². The highest BCUT2D eigenvalue weighted by Gasteiger charge is 2.32. The molecule has 0 bridgehead atoms. The monoisotopic (exact) mass is 420 g/mol. The summed E-state index contributed by atoms with van der Waals surface area (Å²) in [6, 6.07) is 5.37. The van der Waals surface area contributed by atoms with Crippen molar-refractivity contribution in [3.05, 3.63) is 41.5 Å². The smallest absolute Gasteiger partial charge is 0.303 e. The van der Waals surface area contributed by atoms with Crippen molar-refractivity contribution >= 4 is 23.5 Å². The summed E-state index contributed by atoms with van der Waals surface area (Å²) in [6.07, 6.45) is 6.21. The fourth-order valence-electron chi connectivity index (χ4n) is 3.76. The number of hydrogen-bond acceptors (Lipinski definition) is 5. The standard InChI is InChI=1S/C23H32O5S/c1-15-14-18(7-8-20(15)24)16(2)21(25)9-5-17-6-10-22(26)19(17)11-13-29-12-3-4-23(27)28/h5,7-9,14,16-17,19,21,24-25H,3-4,6,10-13H2,1-2H3,(H,27,28)/b9-5+/t16?,17-,19+,21+/m0/s1. The van der Waals surface area contributed by atoms with Crippen LogP contribution in [0.15, 0.2) is 30.4 Å². The van der Waals surface area contributed by atoms with E-state index in [1.807, 2.05) is 38.1 Å². The molecule has 0 saturated heterocycles. The van der Waals surface area contributed by atoms with Crippen LogP contribution in [0.3, 0.4) is 0 Å². The van der Waals surface area contributed by atoms with E-state index in [1.165, 1.54) is 0 Å². The number of carbonyl (C=O) groups excluding carboxylic acids is 1. The number of Topliss-reactive ketones (excluding diaryl/α,β-unsaturated/α-hetero) is 1. The van der Waals surface area contributed by atoms with Crippen LogP contribution in [0.25, 0.3) is 0 Å². The highest BCUT2D eigenvalue weighted by molar-refractivity contribution is 7.99. The molecule has 3 N–H and O–H groups in total. The molecule has 0 aromatic heterocycles. The van der Waals surface area contributed by atoms with Crippen molar-refractivity contribution in [2.45, 2.75) is 58.0 Å². The molecular weight excluding hydrogens is 388 g/mol. The van der Waals surface area contributed by atoms with E-state index in [0.29, 0.717) is 18.6 Å². The number of rotatable bonds is 11. The summed E-state index contributed by atoms with van der Waals surface area (Å²) < 4.78 is 0. The van der Waals surface area contributed by atoms with Gasteiger partial charge in [0, 0.05) is 24.7 Å². The third-order valence-electron chi connectivity index (χ3n) is 5.72. The van der Waals surface area contributed by atoms with Gasteiger partial charge in [0.2, 0.25) is 0 Å². The van der Waals surface area contributed by atoms with Gasteiger partial charge < -0.3 is 15.3 Å². The van der Waals surface area contributed by atoms with Crippen LogP contribution in [-0.4, -0.2) is 44.7 Å². The van der Waals surface area contributed by atoms with Gasteiger partial charge in [-0.05, 0) is 60.8 Å². The molecule has 0 amide bonds. The SMILES string of the molecule is Cc1cc(C(C)[C@H](O)/C=C/[C@H]2CCC(=O)[C@@H]2CCSCCCC(=O)O)ccc1O. The number of aromatic hydroxyl groups is 1. The van der Waals surface area contributed by atoms with Gasteiger partial charge in [-0.25, -0.2) is 0 Å². The second kappa shape index (κ2) is 11.4. The zero-order valence-electron chi connectivity index (χ0n) is 17.2. The maximum atomic E-state index is 12.3. The van der Waals surface area contributed by atoms with Crippen molar-refractivity contribution in [3.8, 4) is 5.75 Å². The number of phenolic OH excluding ortho intramolecular Hbond substituents is 1. The number of aliphatic hydroxyl groups is 1. The fraction of sp³-hybridized carbons (Fsp3) is 0.565. The lowest BCUT2D eigenvalue weighted by molar-refractivity contribution is -0.137. The first-order valence-corrected chi connectivity index (χ1v) is 11.4. The molecule has 5 nitrogen and oxygen atoms in total. The van der Waals surface area contributed by atoms with Crippen LogP contribution in [0.2, 0.25) is 0 Å². The maximum Gasteiger partial charge on any atom is 0.303 e. The Morgan fingerprint density at radius 3 is 2.79 bits per heavy atom. The van der Waals surface area contributed by atoms with Gasteiger partial charge in [0.25, 0.3) is 0 Å². The molecule has 4 atom stereocenters. The van der Waals surface area contributed by atoms with E-state index in [-0.39, 0.29) is 29.9 Å². The average molecular weight is 421 g/mol. The number of ketones is 1. The predicted octanol–water partition coefficient (Wildman–Crippen LogP) is 4.30. The van der Waals surface area contributed by atoms with E-state index in [0.717, 1.165) is 35.5 Å². The van der Waals surface area contributed by atoms with Crippen LogP contribution in [-0.2, 0) is 9.59 Å². The van der Waals surface area contributed by atoms with E-state index in [4.69, 9.17) is 5.11 Å². The lowest BCUT2D eigenvalue weighted by Gasteiger charge is -2.19. The minimum absolute atomic E-state index is 0.00310. The number of thioether (sulfide) groups is 1. The molecule has 1 saturated carbocycles. The van der Waals surface area contributed by atoms with Gasteiger partial charge in [-0.1, -0.05) is 31.2 Å². The summed E-state index contributed by atoms with van der Waals surface area (Å²) in [6.45, 7) is 3.79. The second-order valence-electron chi connectivity index (χ2n) is 7.88. The average Bonchev–Trinajstić information content (AvgIpc) is 3.03. The molecule has 1 fully saturated rings. The Labute approximate surface area is 177 Å². The Morgan fingerprint density at radius 1 is 1.34 bits per heavy atom. The number of carboxylic acid groups (broad SMARTS) is 1. The molecule has 1 unspecified atom stereocenters. The van der Waals surface area contributed by atoms with Gasteiger partial charge in [0.05, 0.1) is 6.10 Å². The first-order valence-electron chi connectivity index (χ1n) is 10.3. The molecular formula is C23H32O5S. The Bertz CT molecular complexity index is 730. The minimum atomic E-state index is -0.767. The van der Waals surface area contributed by atoms with E-state index in [1.54, 1.807) is 17.8 Å². The van der Waals surface area contributed by atoms with Crippen LogP contribution in [0.4, 0.5) is 0 Å². The predicted molar refractivity (Wildman–Crippen MR) is 116 cm³/mol. The third kappa shape index (κ3) is 7.19. The normalized spacial score (nSPS) is 21.6. The zero-order chi connectivity index (χ0) is 21.4. The number of allylic oxidation sites excluding steroid dienone is 1. The molecule has 6 heteroatoms. The van der Waals surface area contributed by atoms with Gasteiger partial charge in [-0.2, -0.15) is 11.8 Å². The molecule has 2 rings (SSSR count). The van der Waals surface area contributed by atoms with E-state index < -0.39 is 12.1 Å². The number of aryl methyl sites for hydroxylation is 1. The number of hydrogen-bond donors (Lipinski definition) is 3. The molecule has 1 aromatic carbocycles. The highest BCUT2D eigenvalue weighted by atomic mass is 32.2. The van der Waals surface area contributed by atoms with Crippen molar-refractivity contribution in [1.82, 2.24) is 0 Å². The molecule has 29 heavy (non-hydrogen) atoms. The van der Waals surface area contributed by atoms with E-state index >= 15 is 0 Å². The lowest BCUT2D eigenvalue weighted by Crippen LogP contribution is -2.17. The Kier molecular flexibility index (Phi) is 9.24. The molecule has 0 radical (unpaired) electrons. The number of phenols is 1. The Balaban J connectivity index is 1.85. The van der Waals surface area contributed by atoms with E-state index in [2.05, 4.69) is 0 Å². The van der Waals surface area contributed by atoms with Gasteiger partial charge in [-0.3, -0.25) is 9.59 Å². The summed E-state index contributed by atoms with van der Waals surface area (Å²) in [4.78, 5) is 22.8. The first kappa shape index (κ1) is 23.5. The summed E-state index contributed by atoms with van der Waals surface area (Å²) in [5.41, 5.74) is 1.75. The molecule has 1 aliphatic carbocycles. The Hall–Kier alpha value is -1.79. The van der Waals surface area contributed by atoms with Gasteiger partial charge >= 0.3 is 5.97 Å². The summed E-state index contributed by atoms with van der Waals surface area (Å²) >= 11 is 1.71. The van der Waals surface area contributed by atoms with Gasteiger partial charge in [0.15, 0.2) is 0 Å². The third-order valence-corrected chi connectivity index (χ3v) is 6.82. The fourth-order valence-corrected chi connectivity index (χ4v) is 4.73. The van der Waals surface area contributed by atoms with Crippen LogP contribution >= 0.6 is 11.8 Å². The van der Waals surface area contributed by atoms with Crippen LogP contribution in [0, 0.1) is 18.8 Å². The van der Waals surface area contributed by atoms with Crippen LogP contribution in [0.1, 0.15) is 56.1 Å². The number of aliphatic hydroxyl groups excluding tert-OH is 1. The molecule has 0 aliphatic heterocycles. The number of aliphatic carboxylic acids is 1. The van der Waals surface area contributed by atoms with Crippen LogP contribution < -0.4 is 0 Å². The van der Waals surface area contributed by atoms with Crippen LogP contribution in [0.5, 0.6) is 5.75 Å². The number of carbonyl (C=O) groups is 2. The second-order valence-corrected chi connectivity index (χ2v) is 9.11. The largest absolute Gasteiger partial charge is 0.508 e. The topological polar surface area (TPSA) is 94.8 Å². The number of carboxylic acids is 1. The minimum Gasteiger partial charge on any atom is -0.508 e. The molecule has 0 spiro atoms. The van der Waals surface area contributed by atoms with E-state index in [9.17, 15) is 19.8 Å². The highest BCUT2D eigenvalue weighted by Crippen LogP contribution is 2.34. The van der Waals surface area contributed by atoms with Crippen molar-refractivity contribution in [3.63, 3.8) is 0 Å². The van der Waals surface area contributed by atoms with Crippen molar-refractivity contribution in [1.29, 1.82) is 0 Å². The number of benzene rings is 1. The zero-order valence-corrected chi connectivity index (χ0v) is 18.0. The molecule has 1 aliphatic rings. The molecule has 160 valence electrons. The van der Waals surface area contributed by atoms with Crippen molar-refractivity contribution < 1.29 is 24.9 Å². The maximum absolute atomic E-state index is 12.3. The van der Waals surface area contributed by atoms with Gasteiger partial charge in [0.1, 0.15) is 11.5 Å². The molecule has 1 aromatic rings. The summed E-state index contributed by atoms with van der Waals surface area (Å²) in [7, 11) is 0. The summed E-state index contributed by atoms with van der Waals surface area (Å²) in [5.74, 6) is 1.48. The van der Waals surface area contributed by atoms with Crippen molar-refractivity contribution in [2.75, 3.05) is 11.5 Å². The lowest BCUT2D eigenvalue weighted by atomic mass is 9.89.